The molecule has 7 nitrogen and oxygen atoms in total. The molecule has 0 N–H and O–H groups in total. The van der Waals surface area contributed by atoms with Crippen LogP contribution >= 0.6 is 0 Å². The molecule has 0 amide bonds. The summed E-state index contributed by atoms with van der Waals surface area (Å²) in [5.41, 5.74) is 0. The van der Waals surface area contributed by atoms with E-state index in [9.17, 15) is 0 Å². The molecule has 0 aliphatic carbocycles. The van der Waals surface area contributed by atoms with Gasteiger partial charge >= 0.3 is 79.3 Å². The molecule has 74 valence electrons. The summed E-state index contributed by atoms with van der Waals surface area (Å²) in [5, 5.41) is 1.25. The monoisotopic (exact) mass is 386 g/mol. The molecule has 0 aromatic rings. The molecule has 0 unspecified atom stereocenters. The van der Waals surface area contributed by atoms with Crippen LogP contribution < -0.4 is 12.4 Å². The topological polar surface area (TPSA) is 130 Å². The molecule has 0 fully saturated rings. The van der Waals surface area contributed by atoms with Crippen molar-refractivity contribution in [1.82, 2.24) is 0 Å². The fourth-order valence-electron chi connectivity index (χ4n) is 0. The normalized spacial score (nSPS) is 4.15. The molecular formula is H3BF2Ge3O7. The summed E-state index contributed by atoms with van der Waals surface area (Å²) in [7, 11) is 0. The van der Waals surface area contributed by atoms with Gasteiger partial charge < -0.3 is 0 Å². The van der Waals surface area contributed by atoms with Crippen LogP contribution in [0, 0.1) is 0 Å². The second-order valence-corrected chi connectivity index (χ2v) is 1.56. The Balaban J connectivity index is -0.0000000213. The van der Waals surface area contributed by atoms with Crippen LogP contribution in [0.5, 0.6) is 0 Å². The molecule has 13 heteroatoms. The minimum atomic E-state index is -2.19. The Morgan fingerprint density at radius 2 is 0.846 bits per heavy atom. The zero-order chi connectivity index (χ0) is 10.8. The molecule has 0 aliphatic rings. The molecular weight excluding hydrogens is 379 g/mol. The van der Waals surface area contributed by atoms with E-state index < -0.39 is 47.1 Å². The van der Waals surface area contributed by atoms with Gasteiger partial charge in [-0.2, -0.15) is 0 Å². The molecule has 0 spiro atoms. The van der Waals surface area contributed by atoms with E-state index in [-0.39, 0.29) is 8.41 Å². The van der Waals surface area contributed by atoms with Crippen LogP contribution in [0.4, 0.5) is 9.05 Å². The van der Waals surface area contributed by atoms with Gasteiger partial charge in [-0.25, -0.2) is 0 Å². The predicted molar refractivity (Wildman–Crippen MR) is 32.6 cm³/mol. The van der Waals surface area contributed by atoms with E-state index >= 15 is 0 Å². The van der Waals surface area contributed by atoms with Gasteiger partial charge in [0.2, 0.25) is 0 Å². The van der Waals surface area contributed by atoms with E-state index in [0.717, 1.165) is 0 Å². The van der Waals surface area contributed by atoms with Crippen LogP contribution in [0.1, 0.15) is 0 Å². The zero-order valence-corrected chi connectivity index (χ0v) is 13.2. The van der Waals surface area contributed by atoms with Gasteiger partial charge in [0.15, 0.2) is 0 Å². The Labute approximate surface area is 93.3 Å². The number of hydrogen-bond donors (Lipinski definition) is 0. The molecule has 0 aliphatic heterocycles. The predicted octanol–water partition coefficient (Wildman–Crippen LogP) is -5.48. The summed E-state index contributed by atoms with van der Waals surface area (Å²) in [5.74, 6) is 0. The van der Waals surface area contributed by atoms with Gasteiger partial charge in [-0.3, -0.25) is 0 Å². The van der Waals surface area contributed by atoms with Crippen molar-refractivity contribution in [1.29, 1.82) is 0 Å². The number of hydrogen-bond acceptors (Lipinski definition) is 7. The first-order valence-corrected chi connectivity index (χ1v) is 7.66. The van der Waals surface area contributed by atoms with Gasteiger partial charge in [0.25, 0.3) is 0 Å². The molecule has 0 saturated heterocycles. The third-order valence-corrected chi connectivity index (χ3v) is 0. The van der Waals surface area contributed by atoms with Gasteiger partial charge in [-0.15, -0.1) is 0 Å². The van der Waals surface area contributed by atoms with Gasteiger partial charge in [0.1, 0.15) is 0 Å². The standard InChI is InChI=1S/B.F2O.3GeHO2/c;1-3-2;3*2-1-3/h;;3*1H/q+3;;3*-1. The molecule has 0 aromatic heterocycles. The van der Waals surface area contributed by atoms with Crippen LogP contribution in [-0.4, -0.2) is 55.5 Å². The van der Waals surface area contributed by atoms with Crippen molar-refractivity contribution in [2.45, 2.75) is 0 Å². The van der Waals surface area contributed by atoms with Crippen molar-refractivity contribution in [2.24, 2.45) is 0 Å². The average molecular weight is 382 g/mol. The summed E-state index contributed by atoms with van der Waals surface area (Å²) < 4.78 is 69.4. The van der Waals surface area contributed by atoms with E-state index in [1.807, 2.05) is 0 Å². The van der Waals surface area contributed by atoms with Crippen molar-refractivity contribution >= 4 is 55.5 Å². The van der Waals surface area contributed by atoms with E-state index in [4.69, 9.17) is 32.8 Å². The summed E-state index contributed by atoms with van der Waals surface area (Å²) in [6.07, 6.45) is 0. The maximum absolute atomic E-state index is 9.12. The van der Waals surface area contributed by atoms with Crippen molar-refractivity contribution < 1.29 is 37.9 Å². The van der Waals surface area contributed by atoms with Gasteiger partial charge in [-0.05, 0) is 9.05 Å². The second-order valence-electron chi connectivity index (χ2n) is 0.347. The molecule has 0 rings (SSSR count). The fraction of sp³-hybridized carbons (Fsp3) is 0. The summed E-state index contributed by atoms with van der Waals surface area (Å²) in [6, 6.07) is 0. The molecule has 0 atom stereocenters. The summed E-state index contributed by atoms with van der Waals surface area (Å²) in [6.45, 7) is 0. The number of rotatable bonds is 0. The SMILES string of the molecule is FOF.[B+3].[O]=[GeH][O-].[O]=[GeH][O-].[O]=[GeH][O-]. The summed E-state index contributed by atoms with van der Waals surface area (Å²) in [4.78, 5) is 0. The van der Waals surface area contributed by atoms with Crippen molar-refractivity contribution in [3.05, 3.63) is 0 Å². The van der Waals surface area contributed by atoms with Crippen LogP contribution in [0.2, 0.25) is 0 Å². The Morgan fingerprint density at radius 1 is 0.846 bits per heavy atom. The molecule has 0 heterocycles. The first-order valence-electron chi connectivity index (χ1n) is 1.72. The van der Waals surface area contributed by atoms with E-state index in [2.05, 4.69) is 0 Å². The number of halogens is 2. The Bertz CT molecular complexity index is 67.9. The fourth-order valence-corrected chi connectivity index (χ4v) is 0. The third kappa shape index (κ3) is 13300. The summed E-state index contributed by atoms with van der Waals surface area (Å²) >= 11 is -6.56. The second kappa shape index (κ2) is 84.7. The zero-order valence-electron chi connectivity index (χ0n) is 5.92. The Morgan fingerprint density at radius 3 is 0.846 bits per heavy atom. The molecule has 0 aromatic carbocycles. The van der Waals surface area contributed by atoms with E-state index in [1.165, 1.54) is 5.15 Å². The molecule has 0 bridgehead atoms. The van der Waals surface area contributed by atoms with E-state index in [1.54, 1.807) is 0 Å². The molecule has 0 saturated carbocycles. The quantitative estimate of drug-likeness (QED) is 0.383. The van der Waals surface area contributed by atoms with Gasteiger partial charge in [0.05, 0.1) is 0 Å². The van der Waals surface area contributed by atoms with Crippen LogP contribution in [0.15, 0.2) is 0 Å². The third-order valence-electron chi connectivity index (χ3n) is 0. The Hall–Kier alpha value is 0.314. The first kappa shape index (κ1) is 29.2. The van der Waals surface area contributed by atoms with Crippen LogP contribution in [0.25, 0.3) is 0 Å². The van der Waals surface area contributed by atoms with Crippen LogP contribution in [-0.2, 0) is 16.5 Å². The first-order chi connectivity index (χ1) is 5.66. The van der Waals surface area contributed by atoms with Crippen molar-refractivity contribution in [3.8, 4) is 0 Å². The maximum atomic E-state index is 9.12. The van der Waals surface area contributed by atoms with E-state index in [0.29, 0.717) is 0 Å². The van der Waals surface area contributed by atoms with Gasteiger partial charge in [0, 0.05) is 5.15 Å². The Kier molecular flexibility index (Phi) is 190. The van der Waals surface area contributed by atoms with Crippen molar-refractivity contribution in [2.75, 3.05) is 0 Å². The molecule has 0 radical (unpaired) electrons. The minimum absolute atomic E-state index is 0. The van der Waals surface area contributed by atoms with Crippen molar-refractivity contribution in [3.63, 3.8) is 0 Å². The molecule has 13 heavy (non-hydrogen) atoms. The van der Waals surface area contributed by atoms with Crippen LogP contribution in [0.3, 0.4) is 0 Å². The average Bonchev–Trinajstić information content (AvgIpc) is 1.92. The van der Waals surface area contributed by atoms with Gasteiger partial charge in [-0.1, -0.05) is 0 Å².